The van der Waals surface area contributed by atoms with Gasteiger partial charge in [0.1, 0.15) is 25.2 Å². The molecule has 4 fully saturated rings. The Morgan fingerprint density at radius 3 is 1.66 bits per heavy atom. The van der Waals surface area contributed by atoms with Crippen LogP contribution in [0.3, 0.4) is 0 Å². The maximum absolute atomic E-state index is 2.80. The average molecular weight is 400 g/mol. The molecule has 0 saturated heterocycles. The molecule has 4 aliphatic carbocycles. The van der Waals surface area contributed by atoms with Crippen molar-refractivity contribution in [1.29, 1.82) is 0 Å². The zero-order chi connectivity index (χ0) is 21.4. The van der Waals surface area contributed by atoms with E-state index < -0.39 is 0 Å². The third-order valence-corrected chi connectivity index (χ3v) is 12.3. The van der Waals surface area contributed by atoms with E-state index in [0.29, 0.717) is 32.5 Å². The highest BCUT2D eigenvalue weighted by molar-refractivity contribution is 5.52. The molecule has 0 amide bonds. The van der Waals surface area contributed by atoms with Crippen LogP contribution >= 0.6 is 0 Å². The minimum absolute atomic E-state index is 0.438. The summed E-state index contributed by atoms with van der Waals surface area (Å²) < 4.78 is 2.80. The second-order valence-corrected chi connectivity index (χ2v) is 14.8. The molecule has 2 nitrogen and oxygen atoms in total. The molecule has 29 heavy (non-hydrogen) atoms. The number of fused-ring (bicyclic) bond motifs is 4. The molecule has 2 heteroatoms. The second kappa shape index (κ2) is 5.26. The quantitative estimate of drug-likeness (QED) is 0.513. The first-order valence-electron chi connectivity index (χ1n) is 12.4. The maximum atomic E-state index is 2.80. The second-order valence-electron chi connectivity index (χ2n) is 14.8. The normalized spacial score (nSPS) is 50.4. The van der Waals surface area contributed by atoms with Gasteiger partial charge in [-0.15, -0.1) is 0 Å². The highest BCUT2D eigenvalue weighted by Crippen LogP contribution is 2.74. The van der Waals surface area contributed by atoms with Gasteiger partial charge in [-0.1, -0.05) is 69.2 Å². The van der Waals surface area contributed by atoms with Crippen LogP contribution in [0.4, 0.5) is 0 Å². The van der Waals surface area contributed by atoms with Crippen molar-refractivity contribution < 1.29 is 4.58 Å². The van der Waals surface area contributed by atoms with Crippen LogP contribution < -0.4 is 0 Å². The Hall–Kier alpha value is -0.530. The van der Waals surface area contributed by atoms with Crippen molar-refractivity contribution in [2.75, 3.05) is 13.1 Å². The fourth-order valence-electron chi connectivity index (χ4n) is 10.6. The van der Waals surface area contributed by atoms with Crippen LogP contribution in [-0.2, 0) is 0 Å². The third kappa shape index (κ3) is 2.18. The number of nitrogens with zero attached hydrogens (tertiary/aromatic N) is 2. The fourth-order valence-corrected chi connectivity index (χ4v) is 10.6. The number of rotatable bonds is 2. The largest absolute Gasteiger partial charge is 0.261 e. The first-order valence-corrected chi connectivity index (χ1v) is 12.4. The minimum Gasteiger partial charge on any atom is -0.261 e. The van der Waals surface area contributed by atoms with Gasteiger partial charge in [0.25, 0.3) is 0 Å². The molecule has 0 N–H and O–H groups in total. The molecule has 0 aromatic rings. The predicted octanol–water partition coefficient (Wildman–Crippen LogP) is 6.04. The van der Waals surface area contributed by atoms with E-state index in [2.05, 4.69) is 85.1 Å². The number of hydrogen-bond donors (Lipinski definition) is 0. The highest BCUT2D eigenvalue weighted by atomic mass is 15.3. The summed E-state index contributed by atoms with van der Waals surface area (Å²) in [4.78, 5) is 2.80. The topological polar surface area (TPSA) is 6.25 Å². The molecule has 164 valence electrons. The molecule has 0 aromatic carbocycles. The van der Waals surface area contributed by atoms with Crippen LogP contribution in [0, 0.1) is 44.3 Å². The summed E-state index contributed by atoms with van der Waals surface area (Å²) in [6.07, 6.45) is 8.17. The van der Waals surface area contributed by atoms with E-state index in [1.165, 1.54) is 38.8 Å². The van der Waals surface area contributed by atoms with Gasteiger partial charge in [0.2, 0.25) is 6.34 Å². The lowest BCUT2D eigenvalue weighted by Gasteiger charge is -2.41. The SMILES string of the molecule is CC1(C)C[C@@]2(C)[C@@H](N3C=[N+]([C@H]4C[C@H]5C(C)(C)C[C@]4(C)C5(C)C)CC3)C[C@@H]1C2(C)C. The Balaban J connectivity index is 1.42. The third-order valence-electron chi connectivity index (χ3n) is 12.3. The Morgan fingerprint density at radius 2 is 1.24 bits per heavy atom. The Labute approximate surface area is 180 Å². The lowest BCUT2D eigenvalue weighted by atomic mass is 9.68. The van der Waals surface area contributed by atoms with E-state index in [4.69, 9.17) is 0 Å². The van der Waals surface area contributed by atoms with E-state index in [9.17, 15) is 0 Å². The number of hydrogen-bond acceptors (Lipinski definition) is 1. The zero-order valence-electron chi connectivity index (χ0n) is 21.0. The van der Waals surface area contributed by atoms with Crippen molar-refractivity contribution in [2.24, 2.45) is 44.3 Å². The van der Waals surface area contributed by atoms with E-state index in [1.807, 2.05) is 0 Å². The molecule has 0 radical (unpaired) electrons. The molecular weight excluding hydrogens is 352 g/mol. The van der Waals surface area contributed by atoms with Gasteiger partial charge in [-0.2, -0.15) is 0 Å². The Bertz CT molecular complexity index is 771. The highest BCUT2D eigenvalue weighted by Gasteiger charge is 2.72. The molecule has 0 unspecified atom stereocenters. The van der Waals surface area contributed by atoms with E-state index in [1.54, 1.807) is 0 Å². The smallest absolute Gasteiger partial charge is 0.234 e. The van der Waals surface area contributed by atoms with Crippen LogP contribution in [0.5, 0.6) is 0 Å². The molecule has 0 aromatic heterocycles. The van der Waals surface area contributed by atoms with Gasteiger partial charge in [-0.3, -0.25) is 9.48 Å². The standard InChI is InChI=1S/C27H47N2/c1-22(2)15-26(9)20(13-18(22)24(26,5)6)28-11-12-29(17-28)21-14-19-23(3,4)16-27(21,10)25(19,7)8/h17-21H,11-16H2,1-10H3/q+1/t18-,19-,20-,21-,26-,27-/m0/s1. The van der Waals surface area contributed by atoms with Gasteiger partial charge in [0.15, 0.2) is 0 Å². The molecular formula is C27H47N2+. The van der Waals surface area contributed by atoms with Crippen molar-refractivity contribution in [3.05, 3.63) is 0 Å². The fraction of sp³-hybridized carbons (Fsp3) is 0.963. The zero-order valence-corrected chi connectivity index (χ0v) is 21.0. The molecule has 4 saturated carbocycles. The average Bonchev–Trinajstić information content (AvgIpc) is 3.19. The Morgan fingerprint density at radius 1 is 0.724 bits per heavy atom. The summed E-state index contributed by atoms with van der Waals surface area (Å²) >= 11 is 0. The molecule has 1 aliphatic heterocycles. The first-order chi connectivity index (χ1) is 13.1. The van der Waals surface area contributed by atoms with Gasteiger partial charge in [0, 0.05) is 10.8 Å². The van der Waals surface area contributed by atoms with Crippen molar-refractivity contribution in [3.63, 3.8) is 0 Å². The van der Waals surface area contributed by atoms with Crippen LogP contribution in [0.15, 0.2) is 0 Å². The van der Waals surface area contributed by atoms with E-state index in [0.717, 1.165) is 23.9 Å². The van der Waals surface area contributed by atoms with Gasteiger partial charge in [0.05, 0.1) is 0 Å². The lowest BCUT2D eigenvalue weighted by Crippen LogP contribution is -2.47. The van der Waals surface area contributed by atoms with Gasteiger partial charge >= 0.3 is 0 Å². The lowest BCUT2D eigenvalue weighted by molar-refractivity contribution is -0.572. The first kappa shape index (κ1) is 20.4. The summed E-state index contributed by atoms with van der Waals surface area (Å²) in [5, 5.41) is 0. The molecule has 0 spiro atoms. The molecule has 5 rings (SSSR count). The molecule has 5 aliphatic rings. The van der Waals surface area contributed by atoms with Gasteiger partial charge in [-0.25, -0.2) is 0 Å². The van der Waals surface area contributed by atoms with E-state index in [-0.39, 0.29) is 0 Å². The van der Waals surface area contributed by atoms with Crippen molar-refractivity contribution in [2.45, 2.75) is 107 Å². The van der Waals surface area contributed by atoms with Gasteiger partial charge < -0.3 is 0 Å². The van der Waals surface area contributed by atoms with Crippen LogP contribution in [0.25, 0.3) is 0 Å². The maximum Gasteiger partial charge on any atom is 0.234 e. The Kier molecular flexibility index (Phi) is 3.70. The summed E-state index contributed by atoms with van der Waals surface area (Å²) in [6.45, 7) is 28.1. The van der Waals surface area contributed by atoms with Crippen LogP contribution in [0.2, 0.25) is 0 Å². The van der Waals surface area contributed by atoms with Crippen LogP contribution in [-0.4, -0.2) is 41.0 Å². The molecule has 6 atom stereocenters. The summed E-state index contributed by atoms with van der Waals surface area (Å²) in [7, 11) is 0. The summed E-state index contributed by atoms with van der Waals surface area (Å²) in [5.74, 6) is 1.71. The van der Waals surface area contributed by atoms with Crippen molar-refractivity contribution >= 4 is 6.34 Å². The van der Waals surface area contributed by atoms with Crippen molar-refractivity contribution in [1.82, 2.24) is 4.90 Å². The van der Waals surface area contributed by atoms with E-state index >= 15 is 0 Å². The monoisotopic (exact) mass is 399 g/mol. The van der Waals surface area contributed by atoms with Crippen molar-refractivity contribution in [3.8, 4) is 0 Å². The van der Waals surface area contributed by atoms with Crippen LogP contribution in [0.1, 0.15) is 94.9 Å². The summed E-state index contributed by atoms with van der Waals surface area (Å²) in [5.41, 5.74) is 2.78. The minimum atomic E-state index is 0.438. The molecule has 1 heterocycles. The van der Waals surface area contributed by atoms with Gasteiger partial charge in [-0.05, 0) is 59.2 Å². The predicted molar refractivity (Wildman–Crippen MR) is 122 cm³/mol. The molecule has 4 bridgehead atoms. The summed E-state index contributed by atoms with van der Waals surface area (Å²) in [6, 6.07) is 1.47.